The highest BCUT2D eigenvalue weighted by Gasteiger charge is 2.11. The number of hydrogen-bond acceptors (Lipinski definition) is 5. The molecule has 0 aliphatic carbocycles. The molecule has 0 saturated carbocycles. The summed E-state index contributed by atoms with van der Waals surface area (Å²) >= 11 is 1.42. The molecule has 4 nitrogen and oxygen atoms in total. The van der Waals surface area contributed by atoms with E-state index >= 15 is 0 Å². The second kappa shape index (κ2) is 6.29. The van der Waals surface area contributed by atoms with Crippen molar-refractivity contribution in [3.8, 4) is 0 Å². The molecule has 0 aliphatic heterocycles. The molecule has 2 rings (SSSR count). The number of oxime groups is 1. The highest BCUT2D eigenvalue weighted by Crippen LogP contribution is 2.13. The molecule has 0 bridgehead atoms. The quantitative estimate of drug-likeness (QED) is 0.307. The maximum Gasteiger partial charge on any atom is 0.187 e. The first-order valence-corrected chi connectivity index (χ1v) is 6.79. The topological polar surface area (TPSA) is 58.4 Å². The van der Waals surface area contributed by atoms with Crippen molar-refractivity contribution >= 4 is 17.5 Å². The van der Waals surface area contributed by atoms with Crippen molar-refractivity contribution in [2.24, 2.45) is 5.16 Å². The van der Waals surface area contributed by atoms with Gasteiger partial charge in [-0.15, -0.1) is 0 Å². The molecule has 19 heavy (non-hydrogen) atoms. The molecule has 0 fully saturated rings. The monoisotopic (exact) mass is 277 g/mol. The Hall–Kier alpha value is -1.95. The molecule has 0 unspecified atom stereocenters. The van der Waals surface area contributed by atoms with Gasteiger partial charge in [0.2, 0.25) is 0 Å². The Balaban J connectivity index is 2.27. The van der Waals surface area contributed by atoms with Crippen LogP contribution in [0.5, 0.6) is 0 Å². The van der Waals surface area contributed by atoms with Crippen LogP contribution >= 0.6 is 11.8 Å². The number of benzene rings is 1. The highest BCUT2D eigenvalue weighted by molar-refractivity contribution is 7.98. The van der Waals surface area contributed by atoms with Gasteiger partial charge in [0, 0.05) is 18.2 Å². The summed E-state index contributed by atoms with van der Waals surface area (Å²) in [5.74, 6) is -0.422. The maximum atomic E-state index is 13.6. The van der Waals surface area contributed by atoms with E-state index in [4.69, 9.17) is 5.21 Å². The van der Waals surface area contributed by atoms with Crippen molar-refractivity contribution in [3.63, 3.8) is 0 Å². The molecule has 1 aromatic carbocycles. The number of hydrogen-bond donors (Lipinski definition) is 1. The normalized spacial score (nSPS) is 11.6. The molecule has 0 atom stereocenters. The van der Waals surface area contributed by atoms with Gasteiger partial charge in [-0.2, -0.15) is 0 Å². The summed E-state index contributed by atoms with van der Waals surface area (Å²) in [6, 6.07) is 7.89. The minimum atomic E-state index is -0.422. The summed E-state index contributed by atoms with van der Waals surface area (Å²) < 4.78 is 13.6. The van der Waals surface area contributed by atoms with Gasteiger partial charge in [-0.05, 0) is 18.4 Å². The first-order valence-electron chi connectivity index (χ1n) is 5.56. The van der Waals surface area contributed by atoms with Crippen LogP contribution in [0.3, 0.4) is 0 Å². The van der Waals surface area contributed by atoms with E-state index in [9.17, 15) is 4.39 Å². The number of rotatable bonds is 4. The third kappa shape index (κ3) is 3.29. The van der Waals surface area contributed by atoms with Crippen LogP contribution in [0, 0.1) is 5.82 Å². The van der Waals surface area contributed by atoms with E-state index in [1.54, 1.807) is 30.5 Å². The molecular formula is C13H12FN3OS. The Morgan fingerprint density at radius 2 is 2.16 bits per heavy atom. The van der Waals surface area contributed by atoms with E-state index in [0.717, 1.165) is 0 Å². The third-order valence-electron chi connectivity index (χ3n) is 2.53. The molecule has 0 spiro atoms. The predicted octanol–water partition coefficient (Wildman–Crippen LogP) is 2.76. The van der Waals surface area contributed by atoms with Gasteiger partial charge < -0.3 is 5.21 Å². The second-order valence-corrected chi connectivity index (χ2v) is 4.51. The van der Waals surface area contributed by atoms with Crippen LogP contribution in [0.15, 0.2) is 46.8 Å². The molecule has 6 heteroatoms. The Bertz CT molecular complexity index is 604. The van der Waals surface area contributed by atoms with E-state index in [2.05, 4.69) is 15.1 Å². The average molecular weight is 277 g/mol. The molecular weight excluding hydrogens is 265 g/mol. The predicted molar refractivity (Wildman–Crippen MR) is 72.2 cm³/mol. The van der Waals surface area contributed by atoms with Crippen molar-refractivity contribution in [2.75, 3.05) is 6.26 Å². The summed E-state index contributed by atoms with van der Waals surface area (Å²) in [6.45, 7) is 0. The Kier molecular flexibility index (Phi) is 4.46. The number of thioether (sulfide) groups is 1. The van der Waals surface area contributed by atoms with Gasteiger partial charge >= 0.3 is 0 Å². The van der Waals surface area contributed by atoms with Crippen LogP contribution in [0.2, 0.25) is 0 Å². The first kappa shape index (κ1) is 13.5. The summed E-state index contributed by atoms with van der Waals surface area (Å²) in [6.07, 6.45) is 3.75. The van der Waals surface area contributed by atoms with Crippen molar-refractivity contribution in [2.45, 2.75) is 11.6 Å². The smallest absolute Gasteiger partial charge is 0.187 e. The van der Waals surface area contributed by atoms with Gasteiger partial charge in [0.05, 0.1) is 11.4 Å². The fourth-order valence-electron chi connectivity index (χ4n) is 1.62. The molecule has 1 N–H and O–H groups in total. The maximum absolute atomic E-state index is 13.6. The largest absolute Gasteiger partial charge is 0.411 e. The van der Waals surface area contributed by atoms with Crippen molar-refractivity contribution < 1.29 is 9.60 Å². The average Bonchev–Trinajstić information content (AvgIpc) is 2.46. The molecule has 0 amide bonds. The number of aromatic nitrogens is 2. The zero-order valence-electron chi connectivity index (χ0n) is 10.2. The van der Waals surface area contributed by atoms with Crippen LogP contribution in [0.4, 0.5) is 4.39 Å². The lowest BCUT2D eigenvalue weighted by molar-refractivity contribution is 0.318. The van der Waals surface area contributed by atoms with Gasteiger partial charge in [-0.1, -0.05) is 35.1 Å². The van der Waals surface area contributed by atoms with Crippen LogP contribution in [-0.2, 0) is 6.42 Å². The molecule has 0 aliphatic rings. The lowest BCUT2D eigenvalue weighted by atomic mass is 10.1. The van der Waals surface area contributed by atoms with Crippen molar-refractivity contribution in [1.82, 2.24) is 9.97 Å². The molecule has 2 aromatic rings. The van der Waals surface area contributed by atoms with Crippen LogP contribution in [0.25, 0.3) is 0 Å². The van der Waals surface area contributed by atoms with Gasteiger partial charge in [0.1, 0.15) is 5.82 Å². The van der Waals surface area contributed by atoms with Crippen molar-refractivity contribution in [3.05, 3.63) is 53.6 Å². The molecule has 1 aromatic heterocycles. The fourth-order valence-corrected chi connectivity index (χ4v) is 2.00. The van der Waals surface area contributed by atoms with E-state index in [0.29, 0.717) is 10.9 Å². The number of nitrogens with zero attached hydrogens (tertiary/aromatic N) is 3. The first-order chi connectivity index (χ1) is 9.24. The lowest BCUT2D eigenvalue weighted by Gasteiger charge is -2.06. The zero-order chi connectivity index (χ0) is 13.7. The van der Waals surface area contributed by atoms with Crippen LogP contribution < -0.4 is 0 Å². The van der Waals surface area contributed by atoms with Gasteiger partial charge in [0.25, 0.3) is 0 Å². The van der Waals surface area contributed by atoms with Gasteiger partial charge in [0.15, 0.2) is 5.16 Å². The third-order valence-corrected chi connectivity index (χ3v) is 3.09. The molecule has 98 valence electrons. The molecule has 0 radical (unpaired) electrons. The van der Waals surface area contributed by atoms with Gasteiger partial charge in [-0.25, -0.2) is 14.4 Å². The van der Waals surface area contributed by atoms with Gasteiger partial charge in [-0.3, -0.25) is 0 Å². The van der Waals surface area contributed by atoms with E-state index < -0.39 is 5.82 Å². The molecule has 0 saturated heterocycles. The number of halogens is 1. The Morgan fingerprint density at radius 3 is 2.84 bits per heavy atom. The summed E-state index contributed by atoms with van der Waals surface area (Å²) in [5, 5.41) is 12.9. The van der Waals surface area contributed by atoms with E-state index in [1.807, 2.05) is 6.26 Å². The van der Waals surface area contributed by atoms with Crippen LogP contribution in [-0.4, -0.2) is 27.1 Å². The SMILES string of the molecule is CSc1nccc(C/C(=N/O)c2ccccc2F)n1. The summed E-state index contributed by atoms with van der Waals surface area (Å²) in [5.41, 5.74) is 1.19. The van der Waals surface area contributed by atoms with E-state index in [1.165, 1.54) is 17.8 Å². The standard InChI is InChI=1S/C13H12FN3OS/c1-19-13-15-7-6-9(16-13)8-12(17-18)10-4-2-3-5-11(10)14/h2-7,18H,8H2,1H3/b17-12-. The van der Waals surface area contributed by atoms with Crippen molar-refractivity contribution in [1.29, 1.82) is 0 Å². The Morgan fingerprint density at radius 1 is 1.37 bits per heavy atom. The minimum Gasteiger partial charge on any atom is -0.411 e. The molecule has 1 heterocycles. The minimum absolute atomic E-state index is 0.240. The van der Waals surface area contributed by atoms with E-state index in [-0.39, 0.29) is 17.7 Å². The Labute approximate surface area is 114 Å². The summed E-state index contributed by atoms with van der Waals surface area (Å²) in [7, 11) is 0. The lowest BCUT2D eigenvalue weighted by Crippen LogP contribution is -2.09. The summed E-state index contributed by atoms with van der Waals surface area (Å²) in [4.78, 5) is 8.33. The zero-order valence-corrected chi connectivity index (χ0v) is 11.1. The fraction of sp³-hybridized carbons (Fsp3) is 0.154. The highest BCUT2D eigenvalue weighted by atomic mass is 32.2. The second-order valence-electron chi connectivity index (χ2n) is 3.74. The van der Waals surface area contributed by atoms with Crippen LogP contribution in [0.1, 0.15) is 11.3 Å².